The zero-order valence-corrected chi connectivity index (χ0v) is 22.7. The summed E-state index contributed by atoms with van der Waals surface area (Å²) in [6, 6.07) is 0.332. The van der Waals surface area contributed by atoms with Crippen LogP contribution in [0.2, 0.25) is 0 Å². The van der Waals surface area contributed by atoms with Crippen molar-refractivity contribution in [3.63, 3.8) is 0 Å². The van der Waals surface area contributed by atoms with E-state index in [1.165, 1.54) is 12.8 Å². The Kier molecular flexibility index (Phi) is 35.1. The summed E-state index contributed by atoms with van der Waals surface area (Å²) >= 11 is 0. The van der Waals surface area contributed by atoms with E-state index in [-0.39, 0.29) is 91.5 Å². The molecule has 2 N–H and O–H groups in total. The first-order chi connectivity index (χ1) is 11.0. The van der Waals surface area contributed by atoms with E-state index in [1.807, 2.05) is 34.0 Å². The first-order valence-electron chi connectivity index (χ1n) is 8.90. The number of carbonyl (C=O) groups is 1. The molecule has 1 aliphatic heterocycles. The zero-order valence-electron chi connectivity index (χ0n) is 16.7. The fraction of sp³-hybridized carbons (Fsp3) is 0.889. The molecule has 1 saturated carbocycles. The molecule has 7 heteroatoms. The summed E-state index contributed by atoms with van der Waals surface area (Å²) in [5.41, 5.74) is 0. The molecule has 1 aliphatic carbocycles. The van der Waals surface area contributed by atoms with E-state index in [4.69, 9.17) is 5.11 Å². The molecule has 0 aromatic carbocycles. The van der Waals surface area contributed by atoms with Crippen molar-refractivity contribution in [3.8, 4) is 0 Å². The van der Waals surface area contributed by atoms with Gasteiger partial charge >= 0.3 is 0 Å². The molecule has 2 rings (SSSR count). The predicted octanol–water partition coefficient (Wildman–Crippen LogP) is 3.15. The summed E-state index contributed by atoms with van der Waals surface area (Å²) in [6.07, 6.45) is 8.61. The maximum Gasteiger partial charge on any atom is 0.109 e. The number of hydrogen-bond acceptors (Lipinski definition) is 4. The number of rotatable bonds is 4. The molecule has 145 valence electrons. The Morgan fingerprint density at radius 2 is 1.72 bits per heavy atom. The summed E-state index contributed by atoms with van der Waals surface area (Å²) < 4.78 is 0. The third-order valence-electron chi connectivity index (χ3n) is 3.21. The molecular weight excluding hydrogens is 525 g/mol. The Morgan fingerprint density at radius 1 is 1.20 bits per heavy atom. The smallest absolute Gasteiger partial charge is 0.109 e. The molecule has 0 amide bonds. The standard InChI is InChI=1S/C6H12NO.C5H8NO.C5H10O.C2H6.Nd.Y/c1-5(2)7-4-6(3)8;7-4-5-2-1-3-6-5;6-5-3-1-2-4-5;1-2;;/h5H,4H2,1-3H3;5-6H,1-3H2;5-6H,1-4H2;1-2H3;;/q2*-1;;;;/t;5-;;;;/m.0..../s1. The van der Waals surface area contributed by atoms with Crippen LogP contribution in [0.1, 0.15) is 73.1 Å². The Morgan fingerprint density at radius 3 is 1.88 bits per heavy atom. The fourth-order valence-electron chi connectivity index (χ4n) is 2.00. The predicted molar refractivity (Wildman–Crippen MR) is 96.6 cm³/mol. The van der Waals surface area contributed by atoms with Gasteiger partial charge in [-0.25, -0.2) is 6.29 Å². The van der Waals surface area contributed by atoms with Crippen LogP contribution < -0.4 is 5.32 Å². The average Bonchev–Trinajstić information content (AvgIpc) is 3.21. The number of Topliss-reactive ketones (excluding diaryl/α,β-unsaturated/α-hetero) is 1. The molecule has 2 fully saturated rings. The second-order valence-electron chi connectivity index (χ2n) is 5.84. The second-order valence-corrected chi connectivity index (χ2v) is 5.84. The summed E-state index contributed by atoms with van der Waals surface area (Å²) in [6.45, 7) is 10.8. The van der Waals surface area contributed by atoms with Gasteiger partial charge in [-0.3, -0.25) is 0 Å². The molecule has 5 nitrogen and oxygen atoms in total. The molecule has 0 spiro atoms. The largest absolute Gasteiger partial charge is 0.654 e. The first-order valence-corrected chi connectivity index (χ1v) is 8.90. The van der Waals surface area contributed by atoms with Crippen LogP contribution in [0.15, 0.2) is 0 Å². The van der Waals surface area contributed by atoms with Gasteiger partial charge in [0.15, 0.2) is 0 Å². The van der Waals surface area contributed by atoms with E-state index in [0.29, 0.717) is 12.6 Å². The molecule has 0 bridgehead atoms. The fourth-order valence-corrected chi connectivity index (χ4v) is 2.00. The minimum absolute atomic E-state index is 0. The van der Waals surface area contributed by atoms with E-state index < -0.39 is 0 Å². The van der Waals surface area contributed by atoms with Gasteiger partial charge in [-0.05, 0) is 32.7 Å². The van der Waals surface area contributed by atoms with Gasteiger partial charge in [0.05, 0.1) is 6.10 Å². The molecule has 25 heavy (non-hydrogen) atoms. The van der Waals surface area contributed by atoms with Gasteiger partial charge in [-0.2, -0.15) is 0 Å². The number of nitrogens with one attached hydrogen (secondary N) is 1. The van der Waals surface area contributed by atoms with Gasteiger partial charge in [0.1, 0.15) is 5.78 Å². The SMILES string of the molecule is CC.CC(=O)C[N-]C(C)C.O=[C-][C@@H]1CCCN1.OC1CCCC1.[Nd].[Y]. The van der Waals surface area contributed by atoms with Crippen LogP contribution in [-0.4, -0.2) is 48.5 Å². The van der Waals surface area contributed by atoms with Crippen molar-refractivity contribution in [2.45, 2.75) is 91.3 Å². The van der Waals surface area contributed by atoms with Crippen LogP contribution >= 0.6 is 0 Å². The van der Waals surface area contributed by atoms with Crippen LogP contribution in [0, 0.1) is 40.8 Å². The third kappa shape index (κ3) is 28.0. The van der Waals surface area contributed by atoms with Gasteiger partial charge in [0.25, 0.3) is 0 Å². The van der Waals surface area contributed by atoms with Crippen LogP contribution in [-0.2, 0) is 42.3 Å². The summed E-state index contributed by atoms with van der Waals surface area (Å²) in [4.78, 5) is 20.1. The van der Waals surface area contributed by atoms with E-state index in [2.05, 4.69) is 10.6 Å². The third-order valence-corrected chi connectivity index (χ3v) is 3.21. The molecular formula is C18H36N2NdO3Y-2. The number of hydrogen-bond donors (Lipinski definition) is 2. The van der Waals surface area contributed by atoms with Crippen LogP contribution in [0.3, 0.4) is 0 Å². The molecule has 0 unspecified atom stereocenters. The molecule has 0 aromatic heterocycles. The summed E-state index contributed by atoms with van der Waals surface area (Å²) in [5.74, 6) is 0.138. The van der Waals surface area contributed by atoms with E-state index in [1.54, 1.807) is 6.92 Å². The van der Waals surface area contributed by atoms with E-state index >= 15 is 0 Å². The van der Waals surface area contributed by atoms with Crippen molar-refractivity contribution in [3.05, 3.63) is 5.32 Å². The van der Waals surface area contributed by atoms with Gasteiger partial charge in [0, 0.05) is 73.5 Å². The molecule has 0 aromatic rings. The average molecular weight is 562 g/mol. The number of aliphatic hydroxyl groups is 1. The molecule has 2 aliphatic rings. The second kappa shape index (κ2) is 25.7. The van der Waals surface area contributed by atoms with Crippen molar-refractivity contribution in [2.24, 2.45) is 0 Å². The molecule has 1 saturated heterocycles. The van der Waals surface area contributed by atoms with Crippen molar-refractivity contribution in [2.75, 3.05) is 13.1 Å². The van der Waals surface area contributed by atoms with E-state index in [0.717, 1.165) is 32.2 Å². The van der Waals surface area contributed by atoms with Crippen molar-refractivity contribution in [1.29, 1.82) is 0 Å². The van der Waals surface area contributed by atoms with Crippen LogP contribution in [0.5, 0.6) is 0 Å². The van der Waals surface area contributed by atoms with Crippen molar-refractivity contribution in [1.82, 2.24) is 5.32 Å². The van der Waals surface area contributed by atoms with Gasteiger partial charge in [0.2, 0.25) is 0 Å². The monoisotopic (exact) mass is 559 g/mol. The number of nitrogens with zero attached hydrogens (tertiary/aromatic N) is 1. The minimum Gasteiger partial charge on any atom is -0.654 e. The van der Waals surface area contributed by atoms with Crippen LogP contribution in [0.4, 0.5) is 0 Å². The van der Waals surface area contributed by atoms with Crippen molar-refractivity contribution < 1.29 is 88.2 Å². The maximum atomic E-state index is 10.3. The van der Waals surface area contributed by atoms with E-state index in [9.17, 15) is 9.59 Å². The minimum atomic E-state index is 0. The number of aliphatic hydroxyl groups excluding tert-OH is 1. The summed E-state index contributed by atoms with van der Waals surface area (Å²) in [7, 11) is 0. The Labute approximate surface area is 213 Å². The Balaban J connectivity index is -0.000000122. The van der Waals surface area contributed by atoms with Gasteiger partial charge in [-0.1, -0.05) is 59.5 Å². The van der Waals surface area contributed by atoms with Crippen molar-refractivity contribution >= 4 is 12.1 Å². The van der Waals surface area contributed by atoms with Crippen LogP contribution in [0.25, 0.3) is 5.32 Å². The van der Waals surface area contributed by atoms with Gasteiger partial charge in [-0.15, -0.1) is 6.04 Å². The van der Waals surface area contributed by atoms with Gasteiger partial charge < -0.3 is 25.3 Å². The Hall–Kier alpha value is 1.67. The molecule has 1 atom stereocenters. The zero-order chi connectivity index (χ0) is 18.1. The first kappa shape index (κ1) is 34.2. The quantitative estimate of drug-likeness (QED) is 0.517. The number of ketones is 1. The molecule has 1 radical (unpaired) electrons. The Bertz CT molecular complexity index is 283. The molecule has 1 heterocycles. The maximum absolute atomic E-state index is 10.3. The normalized spacial score (nSPS) is 18.1. The summed E-state index contributed by atoms with van der Waals surface area (Å²) in [5, 5.41) is 15.7. The topological polar surface area (TPSA) is 80.5 Å². The number of carbonyl (C=O) groups excluding carboxylic acids is 2.